The number of hydrogen-bond acceptors (Lipinski definition) is 5. The van der Waals surface area contributed by atoms with Gasteiger partial charge in [-0.1, -0.05) is 0 Å². The van der Waals surface area contributed by atoms with Crippen LogP contribution < -0.4 is 4.72 Å². The van der Waals surface area contributed by atoms with Gasteiger partial charge >= 0.3 is 0 Å². The van der Waals surface area contributed by atoms with E-state index >= 15 is 0 Å². The Kier molecular flexibility index (Phi) is 4.41. The number of thiophene rings is 1. The van der Waals surface area contributed by atoms with Crippen LogP contribution >= 0.6 is 11.3 Å². The summed E-state index contributed by atoms with van der Waals surface area (Å²) in [5.41, 5.74) is 0. The molecule has 2 aromatic rings. The summed E-state index contributed by atoms with van der Waals surface area (Å²) in [4.78, 5) is 0.624. The Bertz CT molecular complexity index is 616. The van der Waals surface area contributed by atoms with Crippen LogP contribution in [0.3, 0.4) is 0 Å². The lowest BCUT2D eigenvalue weighted by atomic mass is 10.2. The Morgan fingerprint density at radius 3 is 2.79 bits per heavy atom. The molecule has 1 unspecified atom stereocenters. The molecule has 0 aliphatic rings. The molecular weight excluding hydrogens is 286 g/mol. The number of rotatable bonds is 6. The van der Waals surface area contributed by atoms with Gasteiger partial charge in [0.25, 0.3) is 0 Å². The summed E-state index contributed by atoms with van der Waals surface area (Å²) < 4.78 is 32.2. The van der Waals surface area contributed by atoms with Crippen molar-refractivity contribution in [1.82, 2.24) is 4.72 Å². The summed E-state index contributed by atoms with van der Waals surface area (Å²) in [6, 6.07) is 6.41. The van der Waals surface area contributed by atoms with E-state index in [2.05, 4.69) is 4.72 Å². The summed E-state index contributed by atoms with van der Waals surface area (Å²) in [7, 11) is -3.54. The summed E-state index contributed by atoms with van der Waals surface area (Å²) in [6.07, 6.45) is 2.05. The van der Waals surface area contributed by atoms with Crippen molar-refractivity contribution in [2.24, 2.45) is 0 Å². The van der Waals surface area contributed by atoms with Gasteiger partial charge in [-0.3, -0.25) is 0 Å². The van der Waals surface area contributed by atoms with E-state index in [9.17, 15) is 8.42 Å². The largest absolute Gasteiger partial charge is 0.469 e. The molecule has 0 spiro atoms. The van der Waals surface area contributed by atoms with Crippen LogP contribution in [0.4, 0.5) is 0 Å². The molecule has 0 saturated heterocycles. The van der Waals surface area contributed by atoms with Gasteiger partial charge in [0.05, 0.1) is 12.9 Å². The first-order chi connectivity index (χ1) is 9.01. The second-order valence-electron chi connectivity index (χ2n) is 4.18. The summed E-state index contributed by atoms with van der Waals surface area (Å²) in [5.74, 6) is 0.734. The SMILES string of the molecule is CC(Cc1ccco1)NS(=O)(=O)c1ccc(CO)s1. The van der Waals surface area contributed by atoms with Gasteiger partial charge < -0.3 is 9.52 Å². The minimum Gasteiger partial charge on any atom is -0.469 e. The number of aliphatic hydroxyl groups is 1. The Balaban J connectivity index is 2.04. The van der Waals surface area contributed by atoms with E-state index in [4.69, 9.17) is 9.52 Å². The van der Waals surface area contributed by atoms with E-state index in [1.54, 1.807) is 31.4 Å². The molecule has 2 heterocycles. The van der Waals surface area contributed by atoms with Gasteiger partial charge in [-0.15, -0.1) is 11.3 Å². The molecule has 1 atom stereocenters. The van der Waals surface area contributed by atoms with Crippen molar-refractivity contribution in [1.29, 1.82) is 0 Å². The van der Waals surface area contributed by atoms with Gasteiger partial charge in [-0.05, 0) is 31.2 Å². The fraction of sp³-hybridized carbons (Fsp3) is 0.333. The first-order valence-corrected chi connectivity index (χ1v) is 8.05. The molecular formula is C12H15NO4S2. The predicted octanol–water partition coefficient (Wildman–Crippen LogP) is 1.74. The number of sulfonamides is 1. The lowest BCUT2D eigenvalue weighted by Gasteiger charge is -2.11. The molecule has 104 valence electrons. The molecule has 19 heavy (non-hydrogen) atoms. The second kappa shape index (κ2) is 5.87. The highest BCUT2D eigenvalue weighted by Gasteiger charge is 2.20. The van der Waals surface area contributed by atoms with Crippen molar-refractivity contribution < 1.29 is 17.9 Å². The van der Waals surface area contributed by atoms with E-state index in [-0.39, 0.29) is 16.9 Å². The molecule has 7 heteroatoms. The molecule has 2 rings (SSSR count). The summed E-state index contributed by atoms with van der Waals surface area (Å²) in [5, 5.41) is 8.95. The number of hydrogen-bond donors (Lipinski definition) is 2. The van der Waals surface area contributed by atoms with Gasteiger partial charge in [0.2, 0.25) is 10.0 Å². The minimum atomic E-state index is -3.54. The van der Waals surface area contributed by atoms with Crippen LogP contribution in [0, 0.1) is 0 Å². The average Bonchev–Trinajstić information content (AvgIpc) is 2.97. The molecule has 0 aliphatic heterocycles. The van der Waals surface area contributed by atoms with Crippen molar-refractivity contribution in [2.45, 2.75) is 30.2 Å². The molecule has 0 amide bonds. The Hall–Kier alpha value is -1.15. The maximum atomic E-state index is 12.1. The van der Waals surface area contributed by atoms with E-state index in [1.807, 2.05) is 0 Å². The highest BCUT2D eigenvalue weighted by atomic mass is 32.2. The third-order valence-electron chi connectivity index (χ3n) is 2.50. The van der Waals surface area contributed by atoms with Crippen LogP contribution in [0.25, 0.3) is 0 Å². The molecule has 0 saturated carbocycles. The molecule has 0 aromatic carbocycles. The normalized spacial score (nSPS) is 13.6. The van der Waals surface area contributed by atoms with Gasteiger partial charge in [0, 0.05) is 17.3 Å². The second-order valence-corrected chi connectivity index (χ2v) is 7.29. The van der Waals surface area contributed by atoms with Crippen LogP contribution in [0.5, 0.6) is 0 Å². The third kappa shape index (κ3) is 3.66. The van der Waals surface area contributed by atoms with Crippen molar-refractivity contribution in [3.8, 4) is 0 Å². The first kappa shape index (κ1) is 14.3. The summed E-state index contributed by atoms with van der Waals surface area (Å²) >= 11 is 1.07. The van der Waals surface area contributed by atoms with Gasteiger partial charge in [0.1, 0.15) is 9.97 Å². The Morgan fingerprint density at radius 1 is 1.42 bits per heavy atom. The molecule has 0 radical (unpaired) electrons. The zero-order valence-electron chi connectivity index (χ0n) is 10.4. The van der Waals surface area contributed by atoms with E-state index < -0.39 is 10.0 Å². The van der Waals surface area contributed by atoms with Crippen LogP contribution in [0.2, 0.25) is 0 Å². The number of aliphatic hydroxyl groups excluding tert-OH is 1. The molecule has 2 N–H and O–H groups in total. The maximum absolute atomic E-state index is 12.1. The van der Waals surface area contributed by atoms with E-state index in [1.165, 1.54) is 6.07 Å². The van der Waals surface area contributed by atoms with Crippen molar-refractivity contribution in [2.75, 3.05) is 0 Å². The molecule has 2 aromatic heterocycles. The number of nitrogens with one attached hydrogen (secondary N) is 1. The zero-order valence-corrected chi connectivity index (χ0v) is 12.0. The maximum Gasteiger partial charge on any atom is 0.250 e. The van der Waals surface area contributed by atoms with Crippen LogP contribution in [0.1, 0.15) is 17.6 Å². The quantitative estimate of drug-likeness (QED) is 0.852. The molecule has 0 aliphatic carbocycles. The minimum absolute atomic E-state index is 0.151. The lowest BCUT2D eigenvalue weighted by Crippen LogP contribution is -2.33. The highest BCUT2D eigenvalue weighted by molar-refractivity contribution is 7.91. The molecule has 0 fully saturated rings. The monoisotopic (exact) mass is 301 g/mol. The van der Waals surface area contributed by atoms with Crippen molar-refractivity contribution >= 4 is 21.4 Å². The number of furan rings is 1. The fourth-order valence-corrected chi connectivity index (χ4v) is 4.16. The van der Waals surface area contributed by atoms with Gasteiger partial charge in [0.15, 0.2) is 0 Å². The predicted molar refractivity (Wildman–Crippen MR) is 72.4 cm³/mol. The van der Waals surface area contributed by atoms with Crippen molar-refractivity contribution in [3.05, 3.63) is 41.2 Å². The summed E-state index contributed by atoms with van der Waals surface area (Å²) in [6.45, 7) is 1.63. The van der Waals surface area contributed by atoms with Gasteiger partial charge in [-0.25, -0.2) is 13.1 Å². The van der Waals surface area contributed by atoms with Crippen LogP contribution in [-0.2, 0) is 23.1 Å². The van der Waals surface area contributed by atoms with Crippen molar-refractivity contribution in [3.63, 3.8) is 0 Å². The average molecular weight is 301 g/mol. The van der Waals surface area contributed by atoms with Gasteiger partial charge in [-0.2, -0.15) is 0 Å². The standard InChI is InChI=1S/C12H15NO4S2/c1-9(7-10-3-2-6-17-10)13-19(15,16)12-5-4-11(8-14)18-12/h2-6,9,13-14H,7-8H2,1H3. The molecule has 0 bridgehead atoms. The fourth-order valence-electron chi connectivity index (χ4n) is 1.68. The topological polar surface area (TPSA) is 79.5 Å². The smallest absolute Gasteiger partial charge is 0.250 e. The van der Waals surface area contributed by atoms with E-state index in [0.29, 0.717) is 11.3 Å². The van der Waals surface area contributed by atoms with Crippen LogP contribution in [-0.4, -0.2) is 19.6 Å². The molecule has 5 nitrogen and oxygen atoms in total. The lowest BCUT2D eigenvalue weighted by molar-refractivity contribution is 0.285. The van der Waals surface area contributed by atoms with Crippen LogP contribution in [0.15, 0.2) is 39.2 Å². The third-order valence-corrected chi connectivity index (χ3v) is 5.65. The van der Waals surface area contributed by atoms with E-state index in [0.717, 1.165) is 17.1 Å². The Labute approximate surface area is 115 Å². The Morgan fingerprint density at radius 2 is 2.21 bits per heavy atom. The zero-order chi connectivity index (χ0) is 13.9. The first-order valence-electron chi connectivity index (χ1n) is 5.75. The highest BCUT2D eigenvalue weighted by Crippen LogP contribution is 2.21.